The van der Waals surface area contributed by atoms with E-state index in [1.807, 2.05) is 17.7 Å². The second kappa shape index (κ2) is 2.48. The summed E-state index contributed by atoms with van der Waals surface area (Å²) in [4.78, 5) is 0. The van der Waals surface area contributed by atoms with Crippen molar-refractivity contribution >= 4 is 15.9 Å². The van der Waals surface area contributed by atoms with Gasteiger partial charge >= 0.3 is 0 Å². The van der Waals surface area contributed by atoms with Gasteiger partial charge in [0.2, 0.25) is 4.60 Å². The second-order valence-electron chi connectivity index (χ2n) is 2.14. The van der Waals surface area contributed by atoms with Gasteiger partial charge in [-0.3, -0.25) is 0 Å². The summed E-state index contributed by atoms with van der Waals surface area (Å²) >= 11 is 3.39. The number of aromatic nitrogens is 1. The minimum atomic E-state index is 1.10. The van der Waals surface area contributed by atoms with Crippen LogP contribution in [0.5, 0.6) is 0 Å². The molecule has 0 fully saturated rings. The molecular formula is C7H9BrN+. The van der Waals surface area contributed by atoms with Crippen molar-refractivity contribution in [3.8, 4) is 0 Å². The zero-order valence-corrected chi connectivity index (χ0v) is 7.14. The Morgan fingerprint density at radius 3 is 2.56 bits per heavy atom. The predicted molar refractivity (Wildman–Crippen MR) is 40.1 cm³/mol. The minimum absolute atomic E-state index is 1.10. The maximum atomic E-state index is 3.39. The molecule has 0 aliphatic heterocycles. The molecule has 0 N–H and O–H groups in total. The number of hydrogen-bond acceptors (Lipinski definition) is 0. The van der Waals surface area contributed by atoms with E-state index in [9.17, 15) is 0 Å². The fraction of sp³-hybridized carbons (Fsp3) is 0.286. The lowest BCUT2D eigenvalue weighted by Gasteiger charge is -1.90. The van der Waals surface area contributed by atoms with E-state index in [1.54, 1.807) is 0 Å². The largest absolute Gasteiger partial charge is 0.247 e. The summed E-state index contributed by atoms with van der Waals surface area (Å²) < 4.78 is 3.14. The van der Waals surface area contributed by atoms with E-state index in [0.717, 1.165) is 4.60 Å². The first kappa shape index (κ1) is 6.75. The van der Waals surface area contributed by atoms with E-state index in [-0.39, 0.29) is 0 Å². The number of rotatable bonds is 0. The molecule has 0 unspecified atom stereocenters. The van der Waals surface area contributed by atoms with Crippen LogP contribution in [0.4, 0.5) is 0 Å². The average molecular weight is 187 g/mol. The highest BCUT2D eigenvalue weighted by Gasteiger charge is 1.98. The second-order valence-corrected chi connectivity index (χ2v) is 2.95. The quantitative estimate of drug-likeness (QED) is 0.428. The van der Waals surface area contributed by atoms with E-state index < -0.39 is 0 Å². The summed E-state index contributed by atoms with van der Waals surface area (Å²) in [5.74, 6) is 0. The van der Waals surface area contributed by atoms with E-state index in [1.165, 1.54) is 5.56 Å². The zero-order valence-electron chi connectivity index (χ0n) is 5.56. The maximum Gasteiger partial charge on any atom is 0.247 e. The van der Waals surface area contributed by atoms with Crippen LogP contribution in [0.3, 0.4) is 0 Å². The molecule has 0 aromatic carbocycles. The molecular weight excluding hydrogens is 178 g/mol. The van der Waals surface area contributed by atoms with Gasteiger partial charge in [-0.05, 0) is 13.0 Å². The molecule has 1 heterocycles. The Labute approximate surface area is 63.5 Å². The fourth-order valence-electron chi connectivity index (χ4n) is 0.728. The van der Waals surface area contributed by atoms with Crippen molar-refractivity contribution in [2.45, 2.75) is 6.92 Å². The van der Waals surface area contributed by atoms with Gasteiger partial charge in [-0.1, -0.05) is 0 Å². The first-order chi connectivity index (χ1) is 4.20. The molecule has 9 heavy (non-hydrogen) atoms. The van der Waals surface area contributed by atoms with Crippen molar-refractivity contribution < 1.29 is 4.57 Å². The third-order valence-corrected chi connectivity index (χ3v) is 2.04. The highest BCUT2D eigenvalue weighted by molar-refractivity contribution is 9.10. The molecule has 0 atom stereocenters. The van der Waals surface area contributed by atoms with Crippen molar-refractivity contribution in [3.05, 3.63) is 28.5 Å². The smallest absolute Gasteiger partial charge is 0.195 e. The minimum Gasteiger partial charge on any atom is -0.195 e. The Bertz CT molecular complexity index is 220. The van der Waals surface area contributed by atoms with Gasteiger partial charge in [-0.25, -0.2) is 0 Å². The first-order valence-corrected chi connectivity index (χ1v) is 3.61. The van der Waals surface area contributed by atoms with Gasteiger partial charge in [-0.15, -0.1) is 0 Å². The van der Waals surface area contributed by atoms with E-state index >= 15 is 0 Å². The summed E-state index contributed by atoms with van der Waals surface area (Å²) in [7, 11) is 2.01. The topological polar surface area (TPSA) is 3.88 Å². The molecule has 0 saturated carbocycles. The molecule has 0 bridgehead atoms. The van der Waals surface area contributed by atoms with Crippen LogP contribution < -0.4 is 4.57 Å². The predicted octanol–water partition coefficient (Wildman–Crippen LogP) is 1.58. The monoisotopic (exact) mass is 186 g/mol. The van der Waals surface area contributed by atoms with Crippen LogP contribution in [0.25, 0.3) is 0 Å². The van der Waals surface area contributed by atoms with Crippen LogP contribution in [-0.2, 0) is 7.05 Å². The maximum absolute atomic E-state index is 3.39. The SMILES string of the molecule is Cc1ccc(Br)[n+](C)c1. The highest BCUT2D eigenvalue weighted by Crippen LogP contribution is 2.01. The molecule has 1 nitrogen and oxygen atoms in total. The lowest BCUT2D eigenvalue weighted by atomic mass is 10.3. The summed E-state index contributed by atoms with van der Waals surface area (Å²) in [6.07, 6.45) is 2.07. The van der Waals surface area contributed by atoms with Crippen molar-refractivity contribution in [1.29, 1.82) is 0 Å². The van der Waals surface area contributed by atoms with Crippen LogP contribution >= 0.6 is 15.9 Å². The summed E-state index contributed by atoms with van der Waals surface area (Å²) in [5.41, 5.74) is 1.28. The molecule has 1 aromatic rings. The summed E-state index contributed by atoms with van der Waals surface area (Å²) in [6, 6.07) is 4.11. The fourth-order valence-corrected chi connectivity index (χ4v) is 0.962. The Morgan fingerprint density at radius 2 is 2.11 bits per heavy atom. The average Bonchev–Trinajstić information content (AvgIpc) is 1.80. The Morgan fingerprint density at radius 1 is 1.44 bits per heavy atom. The number of aryl methyl sites for hydroxylation is 2. The molecule has 48 valence electrons. The Hall–Kier alpha value is -0.370. The van der Waals surface area contributed by atoms with E-state index in [4.69, 9.17) is 0 Å². The first-order valence-electron chi connectivity index (χ1n) is 2.82. The molecule has 0 amide bonds. The zero-order chi connectivity index (χ0) is 6.85. The Kier molecular flexibility index (Phi) is 1.86. The van der Waals surface area contributed by atoms with Gasteiger partial charge in [-0.2, -0.15) is 4.57 Å². The van der Waals surface area contributed by atoms with Crippen molar-refractivity contribution in [1.82, 2.24) is 0 Å². The van der Waals surface area contributed by atoms with Crippen molar-refractivity contribution in [2.24, 2.45) is 7.05 Å². The summed E-state index contributed by atoms with van der Waals surface area (Å²) in [6.45, 7) is 2.08. The van der Waals surface area contributed by atoms with Crippen LogP contribution in [0.15, 0.2) is 22.9 Å². The number of halogens is 1. The number of pyridine rings is 1. The van der Waals surface area contributed by atoms with Crippen LogP contribution in [-0.4, -0.2) is 0 Å². The van der Waals surface area contributed by atoms with Gasteiger partial charge in [0.15, 0.2) is 6.20 Å². The van der Waals surface area contributed by atoms with Gasteiger partial charge in [0.05, 0.1) is 0 Å². The van der Waals surface area contributed by atoms with E-state index in [2.05, 4.69) is 35.1 Å². The molecule has 1 aromatic heterocycles. The van der Waals surface area contributed by atoms with E-state index in [0.29, 0.717) is 0 Å². The molecule has 1 rings (SSSR count). The lowest BCUT2D eigenvalue weighted by Crippen LogP contribution is -2.29. The third kappa shape index (κ3) is 1.52. The molecule has 0 saturated heterocycles. The molecule has 0 spiro atoms. The van der Waals surface area contributed by atoms with Gasteiger partial charge in [0.25, 0.3) is 0 Å². The van der Waals surface area contributed by atoms with Gasteiger partial charge < -0.3 is 0 Å². The molecule has 0 radical (unpaired) electrons. The number of hydrogen-bond donors (Lipinski definition) is 0. The van der Waals surface area contributed by atoms with Crippen molar-refractivity contribution in [3.63, 3.8) is 0 Å². The molecule has 0 aliphatic rings. The normalized spacial score (nSPS) is 9.67. The van der Waals surface area contributed by atoms with Crippen LogP contribution in [0.1, 0.15) is 5.56 Å². The van der Waals surface area contributed by atoms with Crippen LogP contribution in [0.2, 0.25) is 0 Å². The Balaban J connectivity index is 3.17. The molecule has 2 heteroatoms. The third-order valence-electron chi connectivity index (χ3n) is 1.22. The lowest BCUT2D eigenvalue weighted by molar-refractivity contribution is -0.682. The molecule has 0 aliphatic carbocycles. The highest BCUT2D eigenvalue weighted by atomic mass is 79.9. The van der Waals surface area contributed by atoms with Gasteiger partial charge in [0, 0.05) is 27.6 Å². The van der Waals surface area contributed by atoms with Crippen molar-refractivity contribution in [2.75, 3.05) is 0 Å². The standard InChI is InChI=1S/C7H9BrN/c1-6-3-4-7(8)9(2)5-6/h3-5H,1-2H3/q+1. The van der Waals surface area contributed by atoms with Gasteiger partial charge in [0.1, 0.15) is 7.05 Å². The summed E-state index contributed by atoms with van der Waals surface area (Å²) in [5, 5.41) is 0. The van der Waals surface area contributed by atoms with Crippen LogP contribution in [0, 0.1) is 6.92 Å². The number of nitrogens with zero attached hydrogens (tertiary/aromatic N) is 1.